The molecule has 2 heterocycles. The second kappa shape index (κ2) is 7.88. The number of rotatable bonds is 5. The van der Waals surface area contributed by atoms with Crippen molar-refractivity contribution in [2.75, 3.05) is 15.6 Å². The van der Waals surface area contributed by atoms with Gasteiger partial charge in [-0.3, -0.25) is 9.03 Å². The van der Waals surface area contributed by atoms with Crippen molar-refractivity contribution in [2.24, 2.45) is 0 Å². The van der Waals surface area contributed by atoms with Crippen molar-refractivity contribution in [3.63, 3.8) is 0 Å². The van der Waals surface area contributed by atoms with Crippen molar-refractivity contribution < 1.29 is 16.8 Å². The second-order valence-electron chi connectivity index (χ2n) is 7.00. The lowest BCUT2D eigenvalue weighted by Crippen LogP contribution is -2.35. The predicted molar refractivity (Wildman–Crippen MR) is 121 cm³/mol. The smallest absolute Gasteiger partial charge is 0.271 e. The van der Waals surface area contributed by atoms with Gasteiger partial charge in [0.2, 0.25) is 0 Å². The third-order valence-corrected chi connectivity index (χ3v) is 9.76. The lowest BCUT2D eigenvalue weighted by molar-refractivity contribution is 0.586. The molecule has 0 atom stereocenters. The topological polar surface area (TPSA) is 83.6 Å². The predicted octanol–water partition coefficient (Wildman–Crippen LogP) is 4.65. The molecule has 2 aromatic carbocycles. The van der Waals surface area contributed by atoms with Gasteiger partial charge in [-0.05, 0) is 67.8 Å². The number of thiophene rings is 1. The molecule has 4 rings (SSSR count). The average Bonchev–Trinajstić information content (AvgIpc) is 3.15. The molecule has 30 heavy (non-hydrogen) atoms. The molecule has 1 aliphatic rings. The third-order valence-electron chi connectivity index (χ3n) is 4.83. The van der Waals surface area contributed by atoms with Crippen LogP contribution < -0.4 is 9.03 Å². The van der Waals surface area contributed by atoms with Gasteiger partial charge >= 0.3 is 0 Å². The van der Waals surface area contributed by atoms with Gasteiger partial charge in [0, 0.05) is 12.2 Å². The summed E-state index contributed by atoms with van der Waals surface area (Å²) in [5.74, 6) is 0. The Kier molecular flexibility index (Phi) is 5.56. The lowest BCUT2D eigenvalue weighted by Gasteiger charge is -2.31. The van der Waals surface area contributed by atoms with E-state index in [1.54, 1.807) is 42.5 Å². The summed E-state index contributed by atoms with van der Waals surface area (Å²) in [7, 11) is -7.45. The molecule has 0 radical (unpaired) electrons. The van der Waals surface area contributed by atoms with E-state index in [1.165, 1.54) is 16.4 Å². The van der Waals surface area contributed by atoms with E-state index in [4.69, 9.17) is 11.6 Å². The van der Waals surface area contributed by atoms with Crippen molar-refractivity contribution in [3.05, 3.63) is 70.1 Å². The summed E-state index contributed by atoms with van der Waals surface area (Å²) in [5.41, 5.74) is 2.72. The Morgan fingerprint density at radius 3 is 2.40 bits per heavy atom. The van der Waals surface area contributed by atoms with Crippen LogP contribution >= 0.6 is 22.9 Å². The number of fused-ring (bicyclic) bond motifs is 1. The Labute approximate surface area is 185 Å². The van der Waals surface area contributed by atoms with Gasteiger partial charge in [0.15, 0.2) is 0 Å². The maximum absolute atomic E-state index is 13.2. The molecule has 10 heteroatoms. The summed E-state index contributed by atoms with van der Waals surface area (Å²) in [6.45, 7) is 2.28. The highest BCUT2D eigenvalue weighted by atomic mass is 35.5. The number of nitrogens with zero attached hydrogens (tertiary/aromatic N) is 1. The zero-order chi connectivity index (χ0) is 21.5. The van der Waals surface area contributed by atoms with E-state index in [0.717, 1.165) is 22.5 Å². The van der Waals surface area contributed by atoms with Gasteiger partial charge in [0.25, 0.3) is 20.0 Å². The third kappa shape index (κ3) is 4.07. The van der Waals surface area contributed by atoms with Crippen LogP contribution in [-0.4, -0.2) is 23.4 Å². The van der Waals surface area contributed by atoms with Crippen molar-refractivity contribution in [1.29, 1.82) is 0 Å². The maximum atomic E-state index is 13.2. The molecule has 6 nitrogen and oxygen atoms in total. The maximum Gasteiger partial charge on any atom is 0.271 e. The number of sulfonamides is 2. The summed E-state index contributed by atoms with van der Waals surface area (Å²) in [5, 5.41) is 0. The zero-order valence-electron chi connectivity index (χ0n) is 16.0. The van der Waals surface area contributed by atoms with Crippen LogP contribution in [0.2, 0.25) is 4.34 Å². The van der Waals surface area contributed by atoms with Gasteiger partial charge in [-0.25, -0.2) is 16.8 Å². The Morgan fingerprint density at radius 2 is 1.73 bits per heavy atom. The Morgan fingerprint density at radius 1 is 1.00 bits per heavy atom. The first-order valence-corrected chi connectivity index (χ1v) is 13.3. The molecule has 0 bridgehead atoms. The molecule has 3 aromatic rings. The number of anilines is 2. The molecular weight excluding hydrogens is 464 g/mol. The Hall–Kier alpha value is -2.07. The molecule has 0 aliphatic carbocycles. The molecule has 0 spiro atoms. The SMILES string of the molecule is Cc1ccc(S(=O)(=O)N2CCCc3cc(NS(=O)(=O)c4ccc(Cl)s4)ccc32)cc1. The van der Waals surface area contributed by atoms with E-state index in [9.17, 15) is 16.8 Å². The van der Waals surface area contributed by atoms with E-state index in [-0.39, 0.29) is 9.10 Å². The highest BCUT2D eigenvalue weighted by Gasteiger charge is 2.29. The molecule has 1 N–H and O–H groups in total. The Balaban J connectivity index is 1.65. The molecule has 0 unspecified atom stereocenters. The number of benzene rings is 2. The highest BCUT2D eigenvalue weighted by Crippen LogP contribution is 2.35. The normalized spacial score (nSPS) is 14.4. The fourth-order valence-electron chi connectivity index (χ4n) is 3.36. The minimum Gasteiger partial charge on any atom is -0.279 e. The molecule has 0 saturated heterocycles. The summed E-state index contributed by atoms with van der Waals surface area (Å²) in [4.78, 5) is 0.236. The van der Waals surface area contributed by atoms with Crippen molar-refractivity contribution in [2.45, 2.75) is 28.9 Å². The van der Waals surface area contributed by atoms with Crippen LogP contribution in [0.5, 0.6) is 0 Å². The van der Waals surface area contributed by atoms with E-state index >= 15 is 0 Å². The van der Waals surface area contributed by atoms with Crippen molar-refractivity contribution in [1.82, 2.24) is 0 Å². The largest absolute Gasteiger partial charge is 0.279 e. The number of hydrogen-bond acceptors (Lipinski definition) is 5. The van der Waals surface area contributed by atoms with Gasteiger partial charge < -0.3 is 0 Å². The van der Waals surface area contributed by atoms with Crippen LogP contribution in [0.25, 0.3) is 0 Å². The van der Waals surface area contributed by atoms with Gasteiger partial charge in [0.1, 0.15) is 4.21 Å². The number of aryl methyl sites for hydroxylation is 2. The first kappa shape index (κ1) is 21.2. The number of hydrogen-bond donors (Lipinski definition) is 1. The van der Waals surface area contributed by atoms with Crippen molar-refractivity contribution in [3.8, 4) is 0 Å². The molecule has 158 valence electrons. The summed E-state index contributed by atoms with van der Waals surface area (Å²) >= 11 is 6.82. The zero-order valence-corrected chi connectivity index (χ0v) is 19.2. The first-order valence-electron chi connectivity index (χ1n) is 9.17. The molecule has 1 aliphatic heterocycles. The van der Waals surface area contributed by atoms with Gasteiger partial charge in [-0.15, -0.1) is 11.3 Å². The first-order chi connectivity index (χ1) is 14.2. The van der Waals surface area contributed by atoms with Crippen LogP contribution in [0.4, 0.5) is 11.4 Å². The van der Waals surface area contributed by atoms with E-state index < -0.39 is 20.0 Å². The number of nitrogens with one attached hydrogen (secondary N) is 1. The van der Waals surface area contributed by atoms with E-state index in [0.29, 0.717) is 35.1 Å². The quantitative estimate of drug-likeness (QED) is 0.573. The molecular formula is C20H19ClN2O4S3. The minimum absolute atomic E-state index is 0.119. The van der Waals surface area contributed by atoms with Gasteiger partial charge in [0.05, 0.1) is 14.9 Å². The van der Waals surface area contributed by atoms with E-state index in [2.05, 4.69) is 4.72 Å². The summed E-state index contributed by atoms with van der Waals surface area (Å²) in [6.07, 6.45) is 1.31. The highest BCUT2D eigenvalue weighted by molar-refractivity contribution is 7.94. The average molecular weight is 483 g/mol. The van der Waals surface area contributed by atoms with Crippen LogP contribution in [0.15, 0.2) is 63.7 Å². The van der Waals surface area contributed by atoms with Crippen LogP contribution in [0.1, 0.15) is 17.5 Å². The van der Waals surface area contributed by atoms with Crippen molar-refractivity contribution >= 4 is 54.4 Å². The monoisotopic (exact) mass is 482 g/mol. The van der Waals surface area contributed by atoms with E-state index in [1.807, 2.05) is 6.92 Å². The summed E-state index contributed by atoms with van der Waals surface area (Å²) < 4.78 is 55.9. The Bertz CT molecular complexity index is 1300. The summed E-state index contributed by atoms with van der Waals surface area (Å²) in [6, 6.07) is 14.7. The minimum atomic E-state index is -3.76. The number of halogens is 1. The molecule has 0 saturated carbocycles. The van der Waals surface area contributed by atoms with Crippen LogP contribution in [0.3, 0.4) is 0 Å². The van der Waals surface area contributed by atoms with Gasteiger partial charge in [-0.1, -0.05) is 29.3 Å². The fraction of sp³-hybridized carbons (Fsp3) is 0.200. The molecule has 0 fully saturated rings. The van der Waals surface area contributed by atoms with Crippen LogP contribution in [0, 0.1) is 6.92 Å². The second-order valence-corrected chi connectivity index (χ2v) is 12.5. The van der Waals surface area contributed by atoms with Crippen LogP contribution in [-0.2, 0) is 26.5 Å². The van der Waals surface area contributed by atoms with Gasteiger partial charge in [-0.2, -0.15) is 0 Å². The lowest BCUT2D eigenvalue weighted by atomic mass is 10.0. The molecule has 0 amide bonds. The standard InChI is InChI=1S/C20H19ClN2O4S3/c1-14-4-7-17(8-5-14)30(26,27)23-12-2-3-15-13-16(6-9-18(15)23)22-29(24,25)20-11-10-19(21)28-20/h4-11,13,22H,2-3,12H2,1H3. The fourth-order valence-corrected chi connectivity index (χ4v) is 7.43. The molecule has 1 aromatic heterocycles.